The van der Waals surface area contributed by atoms with Gasteiger partial charge < -0.3 is 20.1 Å². The highest BCUT2D eigenvalue weighted by atomic mass is 19.1. The Morgan fingerprint density at radius 3 is 2.88 bits per heavy atom. The topological polar surface area (TPSA) is 112 Å². The molecule has 0 radical (unpaired) electrons. The smallest absolute Gasteiger partial charge is 0.247 e. The number of aromatic nitrogens is 4. The van der Waals surface area contributed by atoms with Crippen LogP contribution < -0.4 is 15.5 Å². The number of rotatable bonds is 6. The molecule has 2 atom stereocenters. The zero-order valence-electron chi connectivity index (χ0n) is 19.5. The van der Waals surface area contributed by atoms with E-state index in [2.05, 4.69) is 33.2 Å². The molecule has 1 amide bonds. The Morgan fingerprint density at radius 1 is 1.38 bits per heavy atom. The lowest BCUT2D eigenvalue weighted by molar-refractivity contribution is -0.111. The van der Waals surface area contributed by atoms with E-state index in [1.54, 1.807) is 0 Å². The zero-order chi connectivity index (χ0) is 24.4. The number of fused-ring (bicyclic) bond motifs is 1. The van der Waals surface area contributed by atoms with Crippen LogP contribution in [0.25, 0.3) is 11.0 Å². The Morgan fingerprint density at radius 2 is 2.18 bits per heavy atom. The molecule has 4 rings (SSSR count). The van der Waals surface area contributed by atoms with E-state index in [1.807, 2.05) is 42.5 Å². The molecule has 1 saturated heterocycles. The van der Waals surface area contributed by atoms with Gasteiger partial charge in [-0.25, -0.2) is 19.3 Å². The summed E-state index contributed by atoms with van der Waals surface area (Å²) in [6, 6.07) is 5.63. The van der Waals surface area contributed by atoms with Crippen molar-refractivity contribution in [1.29, 1.82) is 5.26 Å². The molecule has 2 aromatic heterocycles. The Bertz CT molecular complexity index is 1290. The van der Waals surface area contributed by atoms with Crippen molar-refractivity contribution >= 4 is 34.5 Å². The first-order chi connectivity index (χ1) is 16.3. The first kappa shape index (κ1) is 23.2. The minimum Gasteiger partial charge on any atom is -0.350 e. The normalized spacial score (nSPS) is 17.9. The van der Waals surface area contributed by atoms with Crippen molar-refractivity contribution in [2.75, 3.05) is 28.6 Å². The molecule has 0 aliphatic carbocycles. The van der Waals surface area contributed by atoms with Gasteiger partial charge in [-0.05, 0) is 37.1 Å². The number of piperidine rings is 1. The molecule has 3 aromatic rings. The second-order valence-corrected chi connectivity index (χ2v) is 8.42. The molecule has 0 unspecified atom stereocenters. The predicted octanol–water partition coefficient (Wildman–Crippen LogP) is 3.26. The van der Waals surface area contributed by atoms with Gasteiger partial charge in [0.1, 0.15) is 12.2 Å². The fraction of sp³-hybridized carbons (Fsp3) is 0.375. The van der Waals surface area contributed by atoms with Gasteiger partial charge in [0.25, 0.3) is 0 Å². The number of carbonyl (C=O) groups is 1. The van der Waals surface area contributed by atoms with Crippen LogP contribution in [0.4, 0.5) is 22.0 Å². The van der Waals surface area contributed by atoms with Crippen molar-refractivity contribution < 1.29 is 9.18 Å². The molecule has 2 N–H and O–H groups in total. The third-order valence-corrected chi connectivity index (χ3v) is 5.99. The highest BCUT2D eigenvalue weighted by Crippen LogP contribution is 2.29. The summed E-state index contributed by atoms with van der Waals surface area (Å²) in [4.78, 5) is 27.1. The largest absolute Gasteiger partial charge is 0.350 e. The van der Waals surface area contributed by atoms with Crippen LogP contribution >= 0.6 is 0 Å². The van der Waals surface area contributed by atoms with Crippen molar-refractivity contribution in [2.24, 2.45) is 7.05 Å². The lowest BCUT2D eigenvalue weighted by atomic mass is 10.0. The maximum absolute atomic E-state index is 14.8. The molecule has 34 heavy (non-hydrogen) atoms. The highest BCUT2D eigenvalue weighted by molar-refractivity contribution is 6.00. The predicted molar refractivity (Wildman–Crippen MR) is 130 cm³/mol. The van der Waals surface area contributed by atoms with Crippen LogP contribution in [0.1, 0.15) is 30.2 Å². The number of imidazole rings is 1. The Balaban J connectivity index is 1.59. The summed E-state index contributed by atoms with van der Waals surface area (Å²) in [5, 5.41) is 15.2. The summed E-state index contributed by atoms with van der Waals surface area (Å²) in [5.41, 5.74) is 4.25. The van der Waals surface area contributed by atoms with Gasteiger partial charge in [0.15, 0.2) is 0 Å². The summed E-state index contributed by atoms with van der Waals surface area (Å²) in [6.07, 6.45) is 2.59. The molecular weight excluding hydrogens is 435 g/mol. The van der Waals surface area contributed by atoms with Crippen LogP contribution in [0.3, 0.4) is 0 Å². The molecule has 10 heteroatoms. The van der Waals surface area contributed by atoms with Gasteiger partial charge in [-0.3, -0.25) is 4.79 Å². The van der Waals surface area contributed by atoms with Gasteiger partial charge in [-0.1, -0.05) is 13.5 Å². The van der Waals surface area contributed by atoms with Gasteiger partial charge in [0.2, 0.25) is 17.8 Å². The van der Waals surface area contributed by atoms with E-state index < -0.39 is 6.17 Å². The van der Waals surface area contributed by atoms with E-state index >= 15 is 0 Å². The molecule has 0 spiro atoms. The van der Waals surface area contributed by atoms with Gasteiger partial charge in [0.05, 0.1) is 35.0 Å². The molecular formula is C24H27FN8O. The Labute approximate surface area is 197 Å². The van der Waals surface area contributed by atoms with Gasteiger partial charge in [0, 0.05) is 31.7 Å². The van der Waals surface area contributed by atoms with Crippen LogP contribution in [0, 0.1) is 18.3 Å². The zero-order valence-corrected chi connectivity index (χ0v) is 19.5. The second-order valence-electron chi connectivity index (χ2n) is 8.42. The first-order valence-corrected chi connectivity index (χ1v) is 11.1. The van der Waals surface area contributed by atoms with Crippen molar-refractivity contribution in [3.8, 4) is 6.07 Å². The van der Waals surface area contributed by atoms with Crippen molar-refractivity contribution in [3.05, 3.63) is 47.8 Å². The third-order valence-electron chi connectivity index (χ3n) is 5.99. The quantitative estimate of drug-likeness (QED) is 0.541. The maximum Gasteiger partial charge on any atom is 0.247 e. The fourth-order valence-corrected chi connectivity index (χ4v) is 4.27. The standard InChI is InChI=1S/C24H27FN8O/c1-5-18-15(10-26)11-27-23(30-18)28-17-8-16(25)12-33(13-17)24-31-20-9-19(29-22(34)6-2)14(3)7-21(20)32(24)4/h6-7,9,11,16-17H,2,5,8,12-13H2,1,3-4H3,(H,29,34)(H,27,28,30)/t16-,17-/m1/s1. The number of aryl methyl sites for hydroxylation is 3. The number of hydrogen-bond acceptors (Lipinski definition) is 7. The Hall–Kier alpha value is -4.00. The molecule has 1 aliphatic rings. The number of benzene rings is 1. The third kappa shape index (κ3) is 4.55. The summed E-state index contributed by atoms with van der Waals surface area (Å²) in [7, 11) is 1.90. The minimum atomic E-state index is -1.06. The molecule has 1 aliphatic heterocycles. The molecule has 176 valence electrons. The van der Waals surface area contributed by atoms with Crippen LogP contribution in [0.2, 0.25) is 0 Å². The molecule has 9 nitrogen and oxygen atoms in total. The molecule has 1 fully saturated rings. The van der Waals surface area contributed by atoms with E-state index in [-0.39, 0.29) is 18.5 Å². The summed E-state index contributed by atoms with van der Waals surface area (Å²) >= 11 is 0. The monoisotopic (exact) mass is 462 g/mol. The lowest BCUT2D eigenvalue weighted by Gasteiger charge is -2.35. The number of anilines is 3. The van der Waals surface area contributed by atoms with Crippen LogP contribution in [0.5, 0.6) is 0 Å². The summed E-state index contributed by atoms with van der Waals surface area (Å²) in [6.45, 7) is 8.06. The van der Waals surface area contributed by atoms with Gasteiger partial charge in [-0.2, -0.15) is 5.26 Å². The summed E-state index contributed by atoms with van der Waals surface area (Å²) < 4.78 is 16.7. The van der Waals surface area contributed by atoms with Crippen LogP contribution in [-0.2, 0) is 18.3 Å². The van der Waals surface area contributed by atoms with Crippen LogP contribution in [-0.4, -0.2) is 50.7 Å². The highest BCUT2D eigenvalue weighted by Gasteiger charge is 2.30. The van der Waals surface area contributed by atoms with E-state index in [0.29, 0.717) is 53.7 Å². The molecule has 3 heterocycles. The molecule has 0 bridgehead atoms. The number of hydrogen-bond donors (Lipinski definition) is 2. The number of nitriles is 1. The second kappa shape index (κ2) is 9.47. The van der Waals surface area contributed by atoms with E-state index in [0.717, 1.165) is 11.1 Å². The van der Waals surface area contributed by atoms with E-state index in [9.17, 15) is 14.4 Å². The van der Waals surface area contributed by atoms with E-state index in [1.165, 1.54) is 12.3 Å². The SMILES string of the molecule is C=CC(=O)Nc1cc2nc(N3C[C@H](F)C[C@@H](Nc4ncc(C#N)c(CC)n4)C3)n(C)c2cc1C. The fourth-order valence-electron chi connectivity index (χ4n) is 4.27. The minimum absolute atomic E-state index is 0.225. The number of nitrogens with zero attached hydrogens (tertiary/aromatic N) is 6. The van der Waals surface area contributed by atoms with Crippen molar-refractivity contribution in [1.82, 2.24) is 19.5 Å². The lowest BCUT2D eigenvalue weighted by Crippen LogP contribution is -2.48. The molecule has 0 saturated carbocycles. The average molecular weight is 463 g/mol. The van der Waals surface area contributed by atoms with Crippen LogP contribution in [0.15, 0.2) is 31.0 Å². The average Bonchev–Trinajstić information content (AvgIpc) is 3.14. The summed E-state index contributed by atoms with van der Waals surface area (Å²) in [5.74, 6) is 0.740. The van der Waals surface area contributed by atoms with Gasteiger partial charge >= 0.3 is 0 Å². The number of nitrogens with one attached hydrogen (secondary N) is 2. The molecule has 1 aromatic carbocycles. The number of alkyl halides is 1. The number of carbonyl (C=O) groups excluding carboxylic acids is 1. The maximum atomic E-state index is 14.8. The Kier molecular flexibility index (Phi) is 6.45. The first-order valence-electron chi connectivity index (χ1n) is 11.1. The van der Waals surface area contributed by atoms with Gasteiger partial charge in [-0.15, -0.1) is 0 Å². The van der Waals surface area contributed by atoms with Crippen molar-refractivity contribution in [2.45, 2.75) is 38.9 Å². The number of amides is 1. The van der Waals surface area contributed by atoms with E-state index in [4.69, 9.17) is 4.98 Å². The number of halogens is 1. The van der Waals surface area contributed by atoms with Crippen molar-refractivity contribution in [3.63, 3.8) is 0 Å².